The SMILES string of the molecule is COc1cc(Nc2nc3ccccc3nc2NS(=O)(=O)c2cccc(N(CC(N)=O)OCc3ccccc3)c2)cc(OC)c1. The molecule has 0 saturated heterocycles. The number of hydrogen-bond donors (Lipinski definition) is 3. The summed E-state index contributed by atoms with van der Waals surface area (Å²) in [5, 5.41) is 4.39. The molecular weight excluding hydrogens is 584 g/mol. The molecule has 0 saturated carbocycles. The van der Waals surface area contributed by atoms with Crippen molar-refractivity contribution in [1.29, 1.82) is 0 Å². The van der Waals surface area contributed by atoms with Crippen LogP contribution < -0.4 is 30.3 Å². The van der Waals surface area contributed by atoms with Crippen molar-refractivity contribution in [3.63, 3.8) is 0 Å². The van der Waals surface area contributed by atoms with Crippen molar-refractivity contribution in [2.75, 3.05) is 35.9 Å². The van der Waals surface area contributed by atoms with Gasteiger partial charge in [0.25, 0.3) is 10.0 Å². The third kappa shape index (κ3) is 7.32. The molecule has 4 aromatic carbocycles. The number of methoxy groups -OCH3 is 2. The number of rotatable bonds is 13. The van der Waals surface area contributed by atoms with Crippen molar-refractivity contribution < 1.29 is 27.5 Å². The molecule has 0 fully saturated rings. The Morgan fingerprint density at radius 1 is 0.818 bits per heavy atom. The van der Waals surface area contributed by atoms with Crippen LogP contribution in [-0.4, -0.2) is 45.1 Å². The Morgan fingerprint density at radius 3 is 2.09 bits per heavy atom. The van der Waals surface area contributed by atoms with Crippen molar-refractivity contribution in [3.05, 3.63) is 103 Å². The highest BCUT2D eigenvalue weighted by Crippen LogP contribution is 2.32. The minimum absolute atomic E-state index is 0.0368. The summed E-state index contributed by atoms with van der Waals surface area (Å²) in [6, 6.07) is 27.5. The molecule has 1 heterocycles. The lowest BCUT2D eigenvalue weighted by molar-refractivity contribution is -0.118. The van der Waals surface area contributed by atoms with E-state index in [1.54, 1.807) is 42.5 Å². The molecule has 12 nitrogen and oxygen atoms in total. The molecule has 0 bridgehead atoms. The van der Waals surface area contributed by atoms with Gasteiger partial charge < -0.3 is 20.5 Å². The molecule has 0 spiro atoms. The number of nitrogens with one attached hydrogen (secondary N) is 2. The number of nitrogens with two attached hydrogens (primary N) is 1. The van der Waals surface area contributed by atoms with E-state index in [2.05, 4.69) is 20.0 Å². The number of aromatic nitrogens is 2. The number of ether oxygens (including phenoxy) is 2. The van der Waals surface area contributed by atoms with E-state index in [4.69, 9.17) is 20.0 Å². The molecule has 0 unspecified atom stereocenters. The Labute approximate surface area is 254 Å². The Kier molecular flexibility index (Phi) is 9.07. The maximum absolute atomic E-state index is 13.7. The minimum Gasteiger partial charge on any atom is -0.497 e. The summed E-state index contributed by atoms with van der Waals surface area (Å²) < 4.78 is 40.7. The van der Waals surface area contributed by atoms with Gasteiger partial charge in [0, 0.05) is 23.9 Å². The number of hydroxylamine groups is 1. The predicted molar refractivity (Wildman–Crippen MR) is 167 cm³/mol. The van der Waals surface area contributed by atoms with Crippen LogP contribution in [0.15, 0.2) is 102 Å². The molecule has 0 radical (unpaired) electrons. The van der Waals surface area contributed by atoms with E-state index in [1.807, 2.05) is 36.4 Å². The van der Waals surface area contributed by atoms with Gasteiger partial charge >= 0.3 is 0 Å². The van der Waals surface area contributed by atoms with Crippen molar-refractivity contribution >= 4 is 50.0 Å². The number of benzene rings is 4. The number of carbonyl (C=O) groups excluding carboxylic acids is 1. The Balaban J connectivity index is 1.47. The number of fused-ring (bicyclic) bond motifs is 1. The molecule has 226 valence electrons. The van der Waals surface area contributed by atoms with Gasteiger partial charge in [-0.25, -0.2) is 23.4 Å². The van der Waals surface area contributed by atoms with Crippen LogP contribution >= 0.6 is 0 Å². The molecule has 1 amide bonds. The summed E-state index contributed by atoms with van der Waals surface area (Å²) in [5.41, 5.74) is 8.19. The summed E-state index contributed by atoms with van der Waals surface area (Å²) in [5.74, 6) is 0.510. The smallest absolute Gasteiger partial charge is 0.263 e. The standard InChI is InChI=1S/C31H30N6O6S/c1-41-24-15-22(16-25(18-24)42-2)33-30-31(35-28-14-7-6-13-27(28)34-30)36-44(39,40)26-12-8-11-23(17-26)37(19-29(32)38)43-20-21-9-4-3-5-10-21/h3-18H,19-20H2,1-2H3,(H2,32,38)(H,33,34)(H,35,36). The normalized spacial score (nSPS) is 11.1. The number of primary amides is 1. The van der Waals surface area contributed by atoms with E-state index >= 15 is 0 Å². The number of nitrogens with zero attached hydrogens (tertiary/aromatic N) is 3. The van der Waals surface area contributed by atoms with Crippen LogP contribution in [-0.2, 0) is 26.3 Å². The van der Waals surface area contributed by atoms with E-state index in [0.717, 1.165) is 5.56 Å². The highest BCUT2D eigenvalue weighted by atomic mass is 32.2. The monoisotopic (exact) mass is 614 g/mol. The van der Waals surface area contributed by atoms with Crippen LogP contribution in [0.5, 0.6) is 11.5 Å². The molecule has 5 rings (SSSR count). The number of amides is 1. The molecule has 4 N–H and O–H groups in total. The van der Waals surface area contributed by atoms with Crippen molar-refractivity contribution in [2.24, 2.45) is 5.73 Å². The lowest BCUT2D eigenvalue weighted by atomic mass is 10.2. The van der Waals surface area contributed by atoms with Crippen molar-refractivity contribution in [3.8, 4) is 11.5 Å². The Morgan fingerprint density at radius 2 is 1.45 bits per heavy atom. The number of para-hydroxylation sites is 2. The first kappa shape index (κ1) is 30.1. The molecule has 13 heteroatoms. The van der Waals surface area contributed by atoms with E-state index in [-0.39, 0.29) is 29.7 Å². The number of carbonyl (C=O) groups is 1. The largest absolute Gasteiger partial charge is 0.497 e. The van der Waals surface area contributed by atoms with Gasteiger partial charge in [-0.2, -0.15) is 0 Å². The van der Waals surface area contributed by atoms with Gasteiger partial charge in [-0.05, 0) is 35.9 Å². The Hall–Kier alpha value is -5.40. The summed E-state index contributed by atoms with van der Waals surface area (Å²) in [4.78, 5) is 26.8. The van der Waals surface area contributed by atoms with Gasteiger partial charge in [0.2, 0.25) is 5.91 Å². The summed E-state index contributed by atoms with van der Waals surface area (Å²) in [6.07, 6.45) is 0. The molecule has 1 aromatic heterocycles. The fourth-order valence-corrected chi connectivity index (χ4v) is 5.29. The lowest BCUT2D eigenvalue weighted by Gasteiger charge is -2.23. The summed E-state index contributed by atoms with van der Waals surface area (Å²) in [7, 11) is -1.16. The van der Waals surface area contributed by atoms with E-state index < -0.39 is 15.9 Å². The summed E-state index contributed by atoms with van der Waals surface area (Å²) >= 11 is 0. The van der Waals surface area contributed by atoms with Crippen LogP contribution in [0.3, 0.4) is 0 Å². The van der Waals surface area contributed by atoms with Gasteiger partial charge in [-0.15, -0.1) is 0 Å². The second kappa shape index (κ2) is 13.3. The van der Waals surface area contributed by atoms with Crippen LogP contribution in [0.1, 0.15) is 5.56 Å². The lowest BCUT2D eigenvalue weighted by Crippen LogP contribution is -2.34. The van der Waals surface area contributed by atoms with Gasteiger partial charge in [-0.1, -0.05) is 48.5 Å². The predicted octanol–water partition coefficient (Wildman–Crippen LogP) is 4.61. The van der Waals surface area contributed by atoms with Crippen molar-refractivity contribution in [1.82, 2.24) is 9.97 Å². The first-order valence-corrected chi connectivity index (χ1v) is 14.8. The molecule has 0 atom stereocenters. The molecular formula is C31H30N6O6S. The second-order valence-corrected chi connectivity index (χ2v) is 11.2. The second-order valence-electron chi connectivity index (χ2n) is 9.50. The number of hydrogen-bond acceptors (Lipinski definition) is 10. The minimum atomic E-state index is -4.21. The van der Waals surface area contributed by atoms with Crippen LogP contribution in [0.2, 0.25) is 0 Å². The third-order valence-corrected chi connectivity index (χ3v) is 7.70. The highest BCUT2D eigenvalue weighted by molar-refractivity contribution is 7.92. The zero-order chi connectivity index (χ0) is 31.1. The molecule has 0 aliphatic heterocycles. The zero-order valence-corrected chi connectivity index (χ0v) is 24.7. The number of anilines is 4. The zero-order valence-electron chi connectivity index (χ0n) is 23.9. The molecule has 5 aromatic rings. The maximum atomic E-state index is 13.7. The molecule has 0 aliphatic rings. The number of sulfonamides is 1. The highest BCUT2D eigenvalue weighted by Gasteiger charge is 2.21. The summed E-state index contributed by atoms with van der Waals surface area (Å²) in [6.45, 7) is -0.155. The van der Waals surface area contributed by atoms with Crippen LogP contribution in [0.4, 0.5) is 23.0 Å². The topological polar surface area (TPSA) is 158 Å². The van der Waals surface area contributed by atoms with Gasteiger partial charge in [0.05, 0.1) is 42.4 Å². The first-order chi connectivity index (χ1) is 21.2. The van der Waals surface area contributed by atoms with Crippen LogP contribution in [0.25, 0.3) is 11.0 Å². The fourth-order valence-electron chi connectivity index (χ4n) is 4.25. The average Bonchev–Trinajstić information content (AvgIpc) is 3.03. The Bertz CT molecular complexity index is 1870. The van der Waals surface area contributed by atoms with Crippen LogP contribution in [0, 0.1) is 0 Å². The van der Waals surface area contributed by atoms with Gasteiger partial charge in [-0.3, -0.25) is 14.4 Å². The third-order valence-electron chi connectivity index (χ3n) is 6.36. The van der Waals surface area contributed by atoms with Crippen molar-refractivity contribution in [2.45, 2.75) is 11.5 Å². The van der Waals surface area contributed by atoms with Gasteiger partial charge in [0.15, 0.2) is 11.6 Å². The van der Waals surface area contributed by atoms with E-state index in [9.17, 15) is 13.2 Å². The van der Waals surface area contributed by atoms with Gasteiger partial charge in [0.1, 0.15) is 18.0 Å². The first-order valence-electron chi connectivity index (χ1n) is 13.4. The van der Waals surface area contributed by atoms with E-state index in [1.165, 1.54) is 37.5 Å². The fraction of sp³-hybridized carbons (Fsp3) is 0.129. The average molecular weight is 615 g/mol. The maximum Gasteiger partial charge on any atom is 0.263 e. The van der Waals surface area contributed by atoms with E-state index in [0.29, 0.717) is 33.9 Å². The molecule has 0 aliphatic carbocycles. The molecule has 44 heavy (non-hydrogen) atoms. The quantitative estimate of drug-likeness (QED) is 0.160.